The number of aryl methyl sites for hydroxylation is 1. The van der Waals surface area contributed by atoms with Crippen molar-refractivity contribution < 1.29 is 4.79 Å². The molecule has 1 aliphatic rings. The second kappa shape index (κ2) is 8.71. The van der Waals surface area contributed by atoms with E-state index in [0.717, 1.165) is 11.1 Å². The van der Waals surface area contributed by atoms with E-state index in [-0.39, 0.29) is 18.0 Å². The summed E-state index contributed by atoms with van der Waals surface area (Å²) in [5, 5.41) is 15.3. The van der Waals surface area contributed by atoms with Gasteiger partial charge in [-0.2, -0.15) is 0 Å². The largest absolute Gasteiger partial charge is 0.351 e. The first kappa shape index (κ1) is 19.5. The zero-order valence-electron chi connectivity index (χ0n) is 16.2. The Hall–Kier alpha value is -2.77. The Balaban J connectivity index is 1.48. The molecular formula is C21H23ClN6O. The van der Waals surface area contributed by atoms with Crippen LogP contribution in [0.1, 0.15) is 29.2 Å². The molecule has 1 aromatic heterocycles. The molecule has 0 aliphatic carbocycles. The summed E-state index contributed by atoms with van der Waals surface area (Å²) in [6.07, 6.45) is 2.25. The van der Waals surface area contributed by atoms with Crippen molar-refractivity contribution in [1.82, 2.24) is 30.4 Å². The normalized spacial score (nSPS) is 19.4. The molecule has 2 aromatic carbocycles. The molecule has 0 bridgehead atoms. The second-order valence-corrected chi connectivity index (χ2v) is 7.83. The SMILES string of the molecule is Cc1ccc(CNC(=O)[C@@H]2C[C@@H](n3cnnn3)CN2Cc2ccccc2Cl)cc1. The quantitative estimate of drug-likeness (QED) is 0.676. The first-order chi connectivity index (χ1) is 14.1. The Morgan fingerprint density at radius 3 is 2.72 bits per heavy atom. The molecule has 150 valence electrons. The third-order valence-electron chi connectivity index (χ3n) is 5.34. The van der Waals surface area contributed by atoms with Gasteiger partial charge in [-0.05, 0) is 41.0 Å². The number of aromatic nitrogens is 4. The fraction of sp³-hybridized carbons (Fsp3) is 0.333. The standard InChI is InChI=1S/C21H23ClN6O/c1-15-6-8-16(9-7-15)11-23-21(29)20-10-18(28-14-24-25-26-28)13-27(20)12-17-4-2-3-5-19(17)22/h2-9,14,18,20H,10-13H2,1H3,(H,23,29)/t18-,20+/m1/s1. The molecular weight excluding hydrogens is 388 g/mol. The Labute approximate surface area is 174 Å². The smallest absolute Gasteiger partial charge is 0.237 e. The fourth-order valence-corrected chi connectivity index (χ4v) is 3.91. The van der Waals surface area contributed by atoms with E-state index in [9.17, 15) is 4.79 Å². The average molecular weight is 411 g/mol. The number of tetrazole rings is 1. The molecule has 2 heterocycles. The Morgan fingerprint density at radius 2 is 2.00 bits per heavy atom. The predicted molar refractivity (Wildman–Crippen MR) is 110 cm³/mol. The Bertz CT molecular complexity index is 960. The van der Waals surface area contributed by atoms with Crippen molar-refractivity contribution in [2.24, 2.45) is 0 Å². The number of halogens is 1. The summed E-state index contributed by atoms with van der Waals surface area (Å²) >= 11 is 6.36. The van der Waals surface area contributed by atoms with Crippen LogP contribution in [0.15, 0.2) is 54.9 Å². The molecule has 2 atom stereocenters. The second-order valence-electron chi connectivity index (χ2n) is 7.42. The molecule has 0 unspecified atom stereocenters. The summed E-state index contributed by atoms with van der Waals surface area (Å²) in [7, 11) is 0. The number of carbonyl (C=O) groups excluding carboxylic acids is 1. The van der Waals surface area contributed by atoms with Crippen LogP contribution in [-0.2, 0) is 17.9 Å². The molecule has 0 radical (unpaired) electrons. The van der Waals surface area contributed by atoms with E-state index < -0.39 is 0 Å². The molecule has 1 aliphatic heterocycles. The molecule has 8 heteroatoms. The third kappa shape index (κ3) is 4.63. The van der Waals surface area contributed by atoms with Crippen molar-refractivity contribution in [2.45, 2.75) is 38.5 Å². The molecule has 0 spiro atoms. The van der Waals surface area contributed by atoms with Crippen molar-refractivity contribution in [3.05, 3.63) is 76.6 Å². The van der Waals surface area contributed by atoms with Crippen LogP contribution in [0.3, 0.4) is 0 Å². The van der Waals surface area contributed by atoms with E-state index in [0.29, 0.717) is 31.1 Å². The highest BCUT2D eigenvalue weighted by Crippen LogP contribution is 2.29. The highest BCUT2D eigenvalue weighted by molar-refractivity contribution is 6.31. The first-order valence-electron chi connectivity index (χ1n) is 9.63. The number of amides is 1. The van der Waals surface area contributed by atoms with Crippen molar-refractivity contribution in [2.75, 3.05) is 6.54 Å². The molecule has 1 fully saturated rings. The zero-order valence-corrected chi connectivity index (χ0v) is 17.0. The number of likely N-dealkylation sites (tertiary alicyclic amines) is 1. The lowest BCUT2D eigenvalue weighted by Crippen LogP contribution is -2.42. The summed E-state index contributed by atoms with van der Waals surface area (Å²) < 4.78 is 1.73. The van der Waals surface area contributed by atoms with Gasteiger partial charge in [-0.25, -0.2) is 4.68 Å². The summed E-state index contributed by atoms with van der Waals surface area (Å²) in [5.41, 5.74) is 3.28. The van der Waals surface area contributed by atoms with Crippen LogP contribution in [0.2, 0.25) is 5.02 Å². The van der Waals surface area contributed by atoms with Gasteiger partial charge in [-0.3, -0.25) is 9.69 Å². The van der Waals surface area contributed by atoms with E-state index in [1.807, 2.05) is 43.3 Å². The van der Waals surface area contributed by atoms with Gasteiger partial charge in [-0.1, -0.05) is 59.6 Å². The van der Waals surface area contributed by atoms with Gasteiger partial charge >= 0.3 is 0 Å². The molecule has 1 N–H and O–H groups in total. The third-order valence-corrected chi connectivity index (χ3v) is 5.71. The number of nitrogens with one attached hydrogen (secondary N) is 1. The minimum atomic E-state index is -0.272. The highest BCUT2D eigenvalue weighted by Gasteiger charge is 2.38. The number of carbonyl (C=O) groups is 1. The lowest BCUT2D eigenvalue weighted by Gasteiger charge is -2.24. The molecule has 1 saturated heterocycles. The predicted octanol–water partition coefficient (Wildman–Crippen LogP) is 2.77. The molecule has 7 nitrogen and oxygen atoms in total. The Kier molecular flexibility index (Phi) is 5.87. The molecule has 4 rings (SSSR count). The zero-order chi connectivity index (χ0) is 20.2. The van der Waals surface area contributed by atoms with Crippen LogP contribution >= 0.6 is 11.6 Å². The van der Waals surface area contributed by atoms with Crippen molar-refractivity contribution in [3.63, 3.8) is 0 Å². The number of benzene rings is 2. The summed E-state index contributed by atoms with van der Waals surface area (Å²) in [6.45, 7) is 3.83. The van der Waals surface area contributed by atoms with Gasteiger partial charge in [0.05, 0.1) is 12.1 Å². The minimum absolute atomic E-state index is 0.00760. The van der Waals surface area contributed by atoms with E-state index in [4.69, 9.17) is 11.6 Å². The number of nitrogens with zero attached hydrogens (tertiary/aromatic N) is 5. The van der Waals surface area contributed by atoms with Gasteiger partial charge in [0.25, 0.3) is 0 Å². The van der Waals surface area contributed by atoms with E-state index in [2.05, 4.69) is 37.9 Å². The van der Waals surface area contributed by atoms with E-state index in [1.165, 1.54) is 5.56 Å². The Morgan fingerprint density at radius 1 is 1.21 bits per heavy atom. The van der Waals surface area contributed by atoms with Gasteiger partial charge < -0.3 is 5.32 Å². The van der Waals surface area contributed by atoms with Crippen LogP contribution in [-0.4, -0.2) is 43.6 Å². The maximum Gasteiger partial charge on any atom is 0.237 e. The van der Waals surface area contributed by atoms with Gasteiger partial charge in [0.2, 0.25) is 5.91 Å². The summed E-state index contributed by atoms with van der Waals surface area (Å²) in [5.74, 6) is 0.00760. The molecule has 0 saturated carbocycles. The first-order valence-corrected chi connectivity index (χ1v) is 10.0. The van der Waals surface area contributed by atoms with Gasteiger partial charge in [-0.15, -0.1) is 5.10 Å². The van der Waals surface area contributed by atoms with Gasteiger partial charge in [0, 0.05) is 24.7 Å². The van der Waals surface area contributed by atoms with Crippen LogP contribution in [0.4, 0.5) is 0 Å². The lowest BCUT2D eigenvalue weighted by atomic mass is 10.1. The molecule has 1 amide bonds. The number of hydrogen-bond acceptors (Lipinski definition) is 5. The maximum atomic E-state index is 13.0. The van der Waals surface area contributed by atoms with Gasteiger partial charge in [0.1, 0.15) is 6.33 Å². The molecule has 29 heavy (non-hydrogen) atoms. The minimum Gasteiger partial charge on any atom is -0.351 e. The van der Waals surface area contributed by atoms with Crippen LogP contribution in [0.25, 0.3) is 0 Å². The van der Waals surface area contributed by atoms with Crippen LogP contribution in [0.5, 0.6) is 0 Å². The van der Waals surface area contributed by atoms with Gasteiger partial charge in [0.15, 0.2) is 0 Å². The van der Waals surface area contributed by atoms with E-state index >= 15 is 0 Å². The van der Waals surface area contributed by atoms with Crippen molar-refractivity contribution in [3.8, 4) is 0 Å². The van der Waals surface area contributed by atoms with Crippen molar-refractivity contribution in [1.29, 1.82) is 0 Å². The average Bonchev–Trinajstić information content (AvgIpc) is 3.39. The highest BCUT2D eigenvalue weighted by atomic mass is 35.5. The summed E-state index contributed by atoms with van der Waals surface area (Å²) in [4.78, 5) is 15.2. The monoisotopic (exact) mass is 410 g/mol. The lowest BCUT2D eigenvalue weighted by molar-refractivity contribution is -0.125. The summed E-state index contributed by atoms with van der Waals surface area (Å²) in [6, 6.07) is 15.7. The maximum absolute atomic E-state index is 13.0. The molecule has 3 aromatic rings. The fourth-order valence-electron chi connectivity index (χ4n) is 3.71. The van der Waals surface area contributed by atoms with Crippen LogP contribution in [0, 0.1) is 6.92 Å². The topological polar surface area (TPSA) is 75.9 Å². The van der Waals surface area contributed by atoms with Crippen molar-refractivity contribution >= 4 is 17.5 Å². The van der Waals surface area contributed by atoms with E-state index in [1.54, 1.807) is 11.0 Å². The van der Waals surface area contributed by atoms with Crippen LogP contribution < -0.4 is 5.32 Å². The number of hydrogen-bond donors (Lipinski definition) is 1. The number of rotatable bonds is 6.